The molecule has 92 valence electrons. The zero-order chi connectivity index (χ0) is 13.3. The second-order valence-corrected chi connectivity index (χ2v) is 4.63. The topological polar surface area (TPSA) is 37.3 Å². The third-order valence-corrected chi connectivity index (χ3v) is 3.30. The number of carbonyl (C=O) groups is 1. The van der Waals surface area contributed by atoms with Crippen LogP contribution in [-0.2, 0) is 0 Å². The summed E-state index contributed by atoms with van der Waals surface area (Å²) in [6, 6.07) is 11.4. The first-order valence-corrected chi connectivity index (χ1v) is 5.90. The fraction of sp³-hybridized carbons (Fsp3) is 0.188. The van der Waals surface area contributed by atoms with Gasteiger partial charge in [0.05, 0.1) is 5.56 Å². The van der Waals surface area contributed by atoms with Crippen molar-refractivity contribution in [1.82, 2.24) is 0 Å². The third-order valence-electron chi connectivity index (χ3n) is 3.30. The summed E-state index contributed by atoms with van der Waals surface area (Å²) in [6.07, 6.45) is 0. The van der Waals surface area contributed by atoms with Crippen LogP contribution in [0.4, 0.5) is 0 Å². The van der Waals surface area contributed by atoms with Crippen LogP contribution >= 0.6 is 0 Å². The Balaban J connectivity index is 2.58. The molecular formula is C16H16O2. The van der Waals surface area contributed by atoms with E-state index < -0.39 is 5.97 Å². The Morgan fingerprint density at radius 3 is 2.17 bits per heavy atom. The van der Waals surface area contributed by atoms with Crippen LogP contribution < -0.4 is 0 Å². The van der Waals surface area contributed by atoms with Gasteiger partial charge in [-0.1, -0.05) is 24.3 Å². The predicted octanol–water partition coefficient (Wildman–Crippen LogP) is 3.98. The van der Waals surface area contributed by atoms with Crippen LogP contribution in [0.2, 0.25) is 0 Å². The maximum atomic E-state index is 11.0. The maximum absolute atomic E-state index is 11.0. The van der Waals surface area contributed by atoms with Gasteiger partial charge in [0, 0.05) is 0 Å². The summed E-state index contributed by atoms with van der Waals surface area (Å²) in [5.41, 5.74) is 5.92. The van der Waals surface area contributed by atoms with Gasteiger partial charge in [-0.25, -0.2) is 4.79 Å². The first-order chi connectivity index (χ1) is 8.49. The van der Waals surface area contributed by atoms with Crippen LogP contribution in [-0.4, -0.2) is 11.1 Å². The van der Waals surface area contributed by atoms with Crippen molar-refractivity contribution in [2.45, 2.75) is 20.8 Å². The molecule has 2 heteroatoms. The molecule has 0 heterocycles. The first kappa shape index (κ1) is 12.4. The largest absolute Gasteiger partial charge is 0.478 e. The Bertz CT molecular complexity index is 612. The molecule has 0 radical (unpaired) electrons. The normalized spacial score (nSPS) is 10.4. The maximum Gasteiger partial charge on any atom is 0.335 e. The van der Waals surface area contributed by atoms with Gasteiger partial charge in [0.15, 0.2) is 0 Å². The summed E-state index contributed by atoms with van der Waals surface area (Å²) in [5, 5.41) is 9.05. The van der Waals surface area contributed by atoms with E-state index >= 15 is 0 Å². The highest BCUT2D eigenvalue weighted by molar-refractivity contribution is 5.90. The molecule has 1 N–H and O–H groups in total. The molecule has 18 heavy (non-hydrogen) atoms. The molecule has 0 aliphatic rings. The number of carboxylic acid groups (broad SMARTS) is 1. The van der Waals surface area contributed by atoms with Crippen LogP contribution in [0.3, 0.4) is 0 Å². The number of rotatable bonds is 2. The van der Waals surface area contributed by atoms with Crippen LogP contribution in [0.25, 0.3) is 11.1 Å². The fourth-order valence-corrected chi connectivity index (χ4v) is 1.97. The van der Waals surface area contributed by atoms with Crippen LogP contribution in [0.15, 0.2) is 36.4 Å². The summed E-state index contributed by atoms with van der Waals surface area (Å²) in [7, 11) is 0. The zero-order valence-electron chi connectivity index (χ0n) is 10.8. The van der Waals surface area contributed by atoms with E-state index in [2.05, 4.69) is 26.0 Å². The van der Waals surface area contributed by atoms with Crippen molar-refractivity contribution in [3.8, 4) is 11.1 Å². The Morgan fingerprint density at radius 2 is 1.56 bits per heavy atom. The number of hydrogen-bond acceptors (Lipinski definition) is 1. The molecule has 2 aromatic rings. The summed E-state index contributed by atoms with van der Waals surface area (Å²) >= 11 is 0. The van der Waals surface area contributed by atoms with Crippen molar-refractivity contribution in [1.29, 1.82) is 0 Å². The number of hydrogen-bond donors (Lipinski definition) is 1. The van der Waals surface area contributed by atoms with Gasteiger partial charge in [-0.15, -0.1) is 0 Å². The Labute approximate surface area is 107 Å². The van der Waals surface area contributed by atoms with Gasteiger partial charge >= 0.3 is 5.97 Å². The van der Waals surface area contributed by atoms with Crippen molar-refractivity contribution < 1.29 is 9.90 Å². The monoisotopic (exact) mass is 240 g/mol. The molecule has 0 amide bonds. The first-order valence-electron chi connectivity index (χ1n) is 5.90. The molecule has 0 aromatic heterocycles. The average molecular weight is 240 g/mol. The lowest BCUT2D eigenvalue weighted by atomic mass is 9.95. The second kappa shape index (κ2) is 4.65. The smallest absolute Gasteiger partial charge is 0.335 e. The minimum atomic E-state index is -0.889. The van der Waals surface area contributed by atoms with Crippen LogP contribution in [0.1, 0.15) is 27.0 Å². The van der Waals surface area contributed by atoms with Crippen molar-refractivity contribution in [2.24, 2.45) is 0 Å². The molecule has 0 spiro atoms. The van der Waals surface area contributed by atoms with Crippen LogP contribution in [0.5, 0.6) is 0 Å². The van der Waals surface area contributed by atoms with Gasteiger partial charge in [0.25, 0.3) is 0 Å². The molecule has 0 aliphatic heterocycles. The molecule has 0 atom stereocenters. The molecule has 0 fully saturated rings. The van der Waals surface area contributed by atoms with E-state index in [1.807, 2.05) is 19.1 Å². The molecule has 2 aromatic carbocycles. The van der Waals surface area contributed by atoms with Gasteiger partial charge in [-0.3, -0.25) is 0 Å². The van der Waals surface area contributed by atoms with Crippen molar-refractivity contribution in [3.63, 3.8) is 0 Å². The molecule has 0 unspecified atom stereocenters. The molecule has 0 saturated carbocycles. The number of benzene rings is 2. The van der Waals surface area contributed by atoms with Gasteiger partial charge < -0.3 is 5.11 Å². The predicted molar refractivity (Wildman–Crippen MR) is 73.0 cm³/mol. The Morgan fingerprint density at radius 1 is 0.889 bits per heavy atom. The lowest BCUT2D eigenvalue weighted by Gasteiger charge is -2.09. The molecule has 2 rings (SSSR count). The summed E-state index contributed by atoms with van der Waals surface area (Å²) < 4.78 is 0. The molecule has 2 nitrogen and oxygen atoms in total. The lowest BCUT2D eigenvalue weighted by Crippen LogP contribution is -1.97. The van der Waals surface area contributed by atoms with Crippen molar-refractivity contribution >= 4 is 5.97 Å². The fourth-order valence-electron chi connectivity index (χ4n) is 1.97. The van der Waals surface area contributed by atoms with Gasteiger partial charge in [-0.05, 0) is 60.7 Å². The molecule has 0 saturated heterocycles. The summed E-state index contributed by atoms with van der Waals surface area (Å²) in [6.45, 7) is 6.13. The van der Waals surface area contributed by atoms with E-state index in [0.717, 1.165) is 16.7 Å². The van der Waals surface area contributed by atoms with E-state index in [-0.39, 0.29) is 0 Å². The van der Waals surface area contributed by atoms with E-state index in [1.165, 1.54) is 11.1 Å². The van der Waals surface area contributed by atoms with E-state index in [4.69, 9.17) is 5.11 Å². The number of aromatic carboxylic acids is 1. The summed E-state index contributed by atoms with van der Waals surface area (Å²) in [4.78, 5) is 11.0. The SMILES string of the molecule is Cc1ccc(-c2cc(C(=O)O)ccc2C)cc1C. The van der Waals surface area contributed by atoms with Gasteiger partial charge in [0.2, 0.25) is 0 Å². The van der Waals surface area contributed by atoms with E-state index in [0.29, 0.717) is 5.56 Å². The highest BCUT2D eigenvalue weighted by Crippen LogP contribution is 2.26. The van der Waals surface area contributed by atoms with E-state index in [9.17, 15) is 4.79 Å². The van der Waals surface area contributed by atoms with Gasteiger partial charge in [0.1, 0.15) is 0 Å². The summed E-state index contributed by atoms with van der Waals surface area (Å²) in [5.74, 6) is -0.889. The molecule has 0 bridgehead atoms. The number of aryl methyl sites for hydroxylation is 3. The molecule has 0 aliphatic carbocycles. The van der Waals surface area contributed by atoms with E-state index in [1.54, 1.807) is 12.1 Å². The zero-order valence-corrected chi connectivity index (χ0v) is 10.8. The quantitative estimate of drug-likeness (QED) is 0.862. The standard InChI is InChI=1S/C16H16O2/c1-10-4-6-13(8-12(10)3)15-9-14(16(17)18)7-5-11(15)2/h4-9H,1-3H3,(H,17,18). The van der Waals surface area contributed by atoms with Crippen molar-refractivity contribution in [2.75, 3.05) is 0 Å². The Hall–Kier alpha value is -2.09. The molecular weight excluding hydrogens is 224 g/mol. The van der Waals surface area contributed by atoms with Crippen LogP contribution in [0, 0.1) is 20.8 Å². The highest BCUT2D eigenvalue weighted by atomic mass is 16.4. The third kappa shape index (κ3) is 2.28. The van der Waals surface area contributed by atoms with Gasteiger partial charge in [-0.2, -0.15) is 0 Å². The Kier molecular flexibility index (Phi) is 3.19. The number of carboxylic acids is 1. The minimum Gasteiger partial charge on any atom is -0.478 e. The second-order valence-electron chi connectivity index (χ2n) is 4.63. The minimum absolute atomic E-state index is 0.328. The lowest BCUT2D eigenvalue weighted by molar-refractivity contribution is 0.0697. The van der Waals surface area contributed by atoms with Crippen molar-refractivity contribution in [3.05, 3.63) is 58.7 Å². The average Bonchev–Trinajstić information content (AvgIpc) is 2.33. The highest BCUT2D eigenvalue weighted by Gasteiger charge is 2.08.